The number of benzene rings is 1. The van der Waals surface area contributed by atoms with Crippen molar-refractivity contribution in [2.24, 2.45) is 0 Å². The van der Waals surface area contributed by atoms with E-state index in [2.05, 4.69) is 40.9 Å². The highest BCUT2D eigenvalue weighted by molar-refractivity contribution is 9.10. The Balaban J connectivity index is 1.61. The Kier molecular flexibility index (Phi) is 5.88. The van der Waals surface area contributed by atoms with Gasteiger partial charge < -0.3 is 5.32 Å². The number of imidazole rings is 1. The molecule has 0 amide bonds. The first-order chi connectivity index (χ1) is 12.9. The van der Waals surface area contributed by atoms with Crippen LogP contribution in [0.4, 0.5) is 5.82 Å². The van der Waals surface area contributed by atoms with Gasteiger partial charge in [-0.1, -0.05) is 12.1 Å². The predicted octanol–water partition coefficient (Wildman–Crippen LogP) is 2.43. The van der Waals surface area contributed by atoms with Crippen LogP contribution in [0.2, 0.25) is 0 Å². The summed E-state index contributed by atoms with van der Waals surface area (Å²) in [7, 11) is -3.58. The Hall–Kier alpha value is -2.30. The van der Waals surface area contributed by atoms with E-state index in [1.807, 2.05) is 18.4 Å². The van der Waals surface area contributed by atoms with E-state index < -0.39 is 10.0 Å². The summed E-state index contributed by atoms with van der Waals surface area (Å²) in [6, 6.07) is 8.47. The van der Waals surface area contributed by atoms with Gasteiger partial charge in [0.2, 0.25) is 10.0 Å². The fourth-order valence-electron chi connectivity index (χ4n) is 2.42. The molecule has 0 saturated heterocycles. The minimum Gasteiger partial charge on any atom is -0.369 e. The van der Waals surface area contributed by atoms with Crippen molar-refractivity contribution >= 4 is 31.8 Å². The largest absolute Gasteiger partial charge is 0.369 e. The maximum absolute atomic E-state index is 12.3. The zero-order valence-corrected chi connectivity index (χ0v) is 17.2. The average molecular weight is 451 g/mol. The van der Waals surface area contributed by atoms with Crippen molar-refractivity contribution in [2.75, 3.05) is 18.4 Å². The lowest BCUT2D eigenvalue weighted by Crippen LogP contribution is -2.29. The molecule has 0 saturated carbocycles. The smallest absolute Gasteiger partial charge is 0.241 e. The van der Waals surface area contributed by atoms with Crippen LogP contribution in [0.15, 0.2) is 52.4 Å². The highest BCUT2D eigenvalue weighted by atomic mass is 79.9. The van der Waals surface area contributed by atoms with Gasteiger partial charge in [-0.05, 0) is 41.9 Å². The van der Waals surface area contributed by atoms with Gasteiger partial charge in [0.25, 0.3) is 0 Å². The van der Waals surface area contributed by atoms with Crippen molar-refractivity contribution in [2.45, 2.75) is 18.7 Å². The molecule has 27 heavy (non-hydrogen) atoms. The molecule has 0 aliphatic heterocycles. The van der Waals surface area contributed by atoms with Gasteiger partial charge in [-0.3, -0.25) is 4.57 Å². The Morgan fingerprint density at radius 3 is 2.59 bits per heavy atom. The Labute approximate surface area is 166 Å². The van der Waals surface area contributed by atoms with Crippen LogP contribution in [-0.2, 0) is 10.0 Å². The minimum absolute atomic E-state index is 0.209. The quantitative estimate of drug-likeness (QED) is 0.535. The number of aryl methyl sites for hydroxylation is 1. The third-order valence-corrected chi connectivity index (χ3v) is 6.47. The molecular formula is C17H19BrN6O2S. The maximum Gasteiger partial charge on any atom is 0.241 e. The Morgan fingerprint density at radius 1 is 1.11 bits per heavy atom. The molecular weight excluding hydrogens is 432 g/mol. The molecule has 0 unspecified atom stereocenters. The van der Waals surface area contributed by atoms with Crippen LogP contribution < -0.4 is 10.0 Å². The van der Waals surface area contributed by atoms with Crippen LogP contribution in [0.25, 0.3) is 5.82 Å². The second kappa shape index (κ2) is 8.15. The fraction of sp³-hybridized carbons (Fsp3) is 0.235. The SMILES string of the molecule is Cc1ncn(-c2cc(NCCNS(=O)(=O)c3ccccc3Br)ncn2)c1C. The highest BCUT2D eigenvalue weighted by Gasteiger charge is 2.16. The van der Waals surface area contributed by atoms with Gasteiger partial charge in [-0.15, -0.1) is 0 Å². The summed E-state index contributed by atoms with van der Waals surface area (Å²) in [5, 5.41) is 3.10. The summed E-state index contributed by atoms with van der Waals surface area (Å²) in [6.07, 6.45) is 3.17. The molecule has 0 atom stereocenters. The number of halogens is 1. The van der Waals surface area contributed by atoms with E-state index >= 15 is 0 Å². The standard InChI is InChI=1S/C17H19BrN6O2S/c1-12-13(2)24(11-22-12)17-9-16(20-10-21-17)19-7-8-23-27(25,26)15-6-4-3-5-14(15)18/h3-6,9-11,23H,7-8H2,1-2H3,(H,19,20,21). The van der Waals surface area contributed by atoms with Crippen LogP contribution in [-0.4, -0.2) is 41.0 Å². The first kappa shape index (κ1) is 19.5. The molecule has 2 heterocycles. The fourth-order valence-corrected chi connectivity index (χ4v) is 4.45. The summed E-state index contributed by atoms with van der Waals surface area (Å²) >= 11 is 3.26. The van der Waals surface area contributed by atoms with E-state index in [0.717, 1.165) is 11.4 Å². The molecule has 10 heteroatoms. The van der Waals surface area contributed by atoms with E-state index in [-0.39, 0.29) is 11.4 Å². The first-order valence-corrected chi connectivity index (χ1v) is 10.5. The molecule has 2 N–H and O–H groups in total. The normalized spacial score (nSPS) is 11.5. The van der Waals surface area contributed by atoms with Gasteiger partial charge in [0.05, 0.1) is 10.6 Å². The number of aromatic nitrogens is 4. The molecule has 0 aliphatic carbocycles. The molecule has 1 aromatic carbocycles. The van der Waals surface area contributed by atoms with E-state index in [4.69, 9.17) is 0 Å². The van der Waals surface area contributed by atoms with E-state index in [9.17, 15) is 8.42 Å². The highest BCUT2D eigenvalue weighted by Crippen LogP contribution is 2.20. The van der Waals surface area contributed by atoms with Gasteiger partial charge in [0.1, 0.15) is 24.3 Å². The lowest BCUT2D eigenvalue weighted by atomic mass is 10.4. The van der Waals surface area contributed by atoms with Crippen LogP contribution in [0, 0.1) is 13.8 Å². The van der Waals surface area contributed by atoms with Crippen LogP contribution in [0.1, 0.15) is 11.4 Å². The van der Waals surface area contributed by atoms with Gasteiger partial charge in [0.15, 0.2) is 0 Å². The summed E-state index contributed by atoms with van der Waals surface area (Å²) in [4.78, 5) is 12.9. The van der Waals surface area contributed by atoms with Gasteiger partial charge in [-0.25, -0.2) is 28.1 Å². The second-order valence-corrected chi connectivity index (χ2v) is 8.39. The lowest BCUT2D eigenvalue weighted by Gasteiger charge is -2.10. The molecule has 0 radical (unpaired) electrons. The summed E-state index contributed by atoms with van der Waals surface area (Å²) in [5.41, 5.74) is 1.94. The van der Waals surface area contributed by atoms with Gasteiger partial charge in [-0.2, -0.15) is 0 Å². The van der Waals surface area contributed by atoms with Crippen molar-refractivity contribution in [1.29, 1.82) is 0 Å². The molecule has 8 nitrogen and oxygen atoms in total. The molecule has 3 rings (SSSR count). The third kappa shape index (κ3) is 4.52. The van der Waals surface area contributed by atoms with Crippen LogP contribution in [0.3, 0.4) is 0 Å². The minimum atomic E-state index is -3.58. The van der Waals surface area contributed by atoms with Crippen molar-refractivity contribution < 1.29 is 8.42 Å². The lowest BCUT2D eigenvalue weighted by molar-refractivity contribution is 0.582. The predicted molar refractivity (Wildman–Crippen MR) is 106 cm³/mol. The third-order valence-electron chi connectivity index (χ3n) is 4.00. The van der Waals surface area contributed by atoms with E-state index in [1.54, 1.807) is 36.7 Å². The van der Waals surface area contributed by atoms with Crippen molar-refractivity contribution in [3.05, 3.63) is 58.8 Å². The average Bonchev–Trinajstić information content (AvgIpc) is 2.98. The number of rotatable bonds is 7. The Bertz CT molecular complexity index is 1050. The number of sulfonamides is 1. The zero-order valence-electron chi connectivity index (χ0n) is 14.8. The number of anilines is 1. The number of hydrogen-bond donors (Lipinski definition) is 2. The van der Waals surface area contributed by atoms with Crippen molar-refractivity contribution in [1.82, 2.24) is 24.2 Å². The van der Waals surface area contributed by atoms with Gasteiger partial charge in [0, 0.05) is 29.3 Å². The Morgan fingerprint density at radius 2 is 1.89 bits per heavy atom. The topological polar surface area (TPSA) is 102 Å². The van der Waals surface area contributed by atoms with E-state index in [1.165, 1.54) is 6.33 Å². The van der Waals surface area contributed by atoms with Crippen LogP contribution >= 0.6 is 15.9 Å². The number of nitrogens with zero attached hydrogens (tertiary/aromatic N) is 4. The number of hydrogen-bond acceptors (Lipinski definition) is 6. The molecule has 0 fully saturated rings. The first-order valence-electron chi connectivity index (χ1n) is 8.19. The molecule has 0 spiro atoms. The summed E-state index contributed by atoms with van der Waals surface area (Å²) in [6.45, 7) is 4.49. The number of nitrogens with one attached hydrogen (secondary N) is 2. The van der Waals surface area contributed by atoms with Crippen molar-refractivity contribution in [3.63, 3.8) is 0 Å². The zero-order chi connectivity index (χ0) is 19.4. The second-order valence-electron chi connectivity index (χ2n) is 5.80. The molecule has 0 bridgehead atoms. The summed E-state index contributed by atoms with van der Waals surface area (Å²) in [5.74, 6) is 1.30. The van der Waals surface area contributed by atoms with E-state index in [0.29, 0.717) is 22.7 Å². The monoisotopic (exact) mass is 450 g/mol. The van der Waals surface area contributed by atoms with Crippen LogP contribution in [0.5, 0.6) is 0 Å². The maximum atomic E-state index is 12.3. The molecule has 142 valence electrons. The summed E-state index contributed by atoms with van der Waals surface area (Å²) < 4.78 is 29.6. The molecule has 2 aromatic heterocycles. The molecule has 0 aliphatic rings. The molecule has 3 aromatic rings. The van der Waals surface area contributed by atoms with Crippen molar-refractivity contribution in [3.8, 4) is 5.82 Å². The van der Waals surface area contributed by atoms with Gasteiger partial charge >= 0.3 is 0 Å².